The van der Waals surface area contributed by atoms with Crippen molar-refractivity contribution in [3.05, 3.63) is 53.6 Å². The summed E-state index contributed by atoms with van der Waals surface area (Å²) >= 11 is 0. The van der Waals surface area contributed by atoms with Gasteiger partial charge in [-0.25, -0.2) is 0 Å². The van der Waals surface area contributed by atoms with Crippen molar-refractivity contribution in [1.29, 1.82) is 0 Å². The molecule has 5 heteroatoms. The average Bonchev–Trinajstić information content (AvgIpc) is 2.59. The Kier molecular flexibility index (Phi) is 6.17. The molecule has 0 radical (unpaired) electrons. The van der Waals surface area contributed by atoms with Crippen molar-refractivity contribution >= 4 is 23.2 Å². The molecule has 2 rings (SSSR count). The van der Waals surface area contributed by atoms with E-state index in [0.29, 0.717) is 18.0 Å². The molecule has 0 heterocycles. The standard InChI is InChI=1S/C20H24N2O3/c1-14-7-5-10-19(15(14)2)21-20(24)11-12-22(16(3)23)17-8-6-9-18(13-17)25-4/h5-10,13H,11-12H2,1-4H3,(H,21,24). The van der Waals surface area contributed by atoms with E-state index in [4.69, 9.17) is 4.74 Å². The lowest BCUT2D eigenvalue weighted by Crippen LogP contribution is -2.32. The number of amides is 2. The zero-order valence-electron chi connectivity index (χ0n) is 15.1. The summed E-state index contributed by atoms with van der Waals surface area (Å²) in [6.07, 6.45) is 0.212. The fourth-order valence-electron chi connectivity index (χ4n) is 2.56. The van der Waals surface area contributed by atoms with E-state index in [0.717, 1.165) is 16.8 Å². The van der Waals surface area contributed by atoms with Crippen molar-refractivity contribution in [3.63, 3.8) is 0 Å². The first kappa shape index (κ1) is 18.5. The molecule has 2 aromatic carbocycles. The number of aryl methyl sites for hydroxylation is 1. The van der Waals surface area contributed by atoms with Gasteiger partial charge in [-0.15, -0.1) is 0 Å². The Labute approximate surface area is 148 Å². The van der Waals surface area contributed by atoms with Crippen LogP contribution in [0.15, 0.2) is 42.5 Å². The highest BCUT2D eigenvalue weighted by atomic mass is 16.5. The molecule has 0 atom stereocenters. The van der Waals surface area contributed by atoms with Crippen LogP contribution in [-0.4, -0.2) is 25.5 Å². The Morgan fingerprint density at radius 2 is 1.84 bits per heavy atom. The fraction of sp³-hybridized carbons (Fsp3) is 0.300. The maximum atomic E-state index is 12.3. The summed E-state index contributed by atoms with van der Waals surface area (Å²) in [6, 6.07) is 13.0. The number of benzene rings is 2. The predicted molar refractivity (Wildman–Crippen MR) is 100 cm³/mol. The van der Waals surface area contributed by atoms with Crippen LogP contribution < -0.4 is 15.0 Å². The highest BCUT2D eigenvalue weighted by molar-refractivity contribution is 5.95. The van der Waals surface area contributed by atoms with E-state index in [1.54, 1.807) is 18.1 Å². The van der Waals surface area contributed by atoms with E-state index in [9.17, 15) is 9.59 Å². The molecule has 0 aliphatic heterocycles. The molecule has 132 valence electrons. The third kappa shape index (κ3) is 4.83. The number of hydrogen-bond acceptors (Lipinski definition) is 3. The lowest BCUT2D eigenvalue weighted by Gasteiger charge is -2.21. The Hall–Kier alpha value is -2.82. The zero-order chi connectivity index (χ0) is 18.4. The number of methoxy groups -OCH3 is 1. The van der Waals surface area contributed by atoms with Gasteiger partial charge < -0.3 is 15.0 Å². The highest BCUT2D eigenvalue weighted by Crippen LogP contribution is 2.22. The van der Waals surface area contributed by atoms with Gasteiger partial charge in [-0.05, 0) is 43.2 Å². The van der Waals surface area contributed by atoms with Crippen LogP contribution in [0.3, 0.4) is 0 Å². The summed E-state index contributed by atoms with van der Waals surface area (Å²) < 4.78 is 5.20. The van der Waals surface area contributed by atoms with Crippen molar-refractivity contribution in [2.24, 2.45) is 0 Å². The summed E-state index contributed by atoms with van der Waals surface area (Å²) in [4.78, 5) is 25.8. The summed E-state index contributed by atoms with van der Waals surface area (Å²) in [6.45, 7) is 5.77. The van der Waals surface area contributed by atoms with Crippen LogP contribution in [0.1, 0.15) is 24.5 Å². The van der Waals surface area contributed by atoms with Crippen molar-refractivity contribution < 1.29 is 14.3 Å². The van der Waals surface area contributed by atoms with E-state index in [1.165, 1.54) is 6.92 Å². The Bertz CT molecular complexity index is 771. The molecule has 0 bridgehead atoms. The van der Waals surface area contributed by atoms with Gasteiger partial charge in [0.05, 0.1) is 7.11 Å². The Morgan fingerprint density at radius 3 is 2.52 bits per heavy atom. The van der Waals surface area contributed by atoms with E-state index in [2.05, 4.69) is 5.32 Å². The third-order valence-electron chi connectivity index (χ3n) is 4.19. The second-order valence-electron chi connectivity index (χ2n) is 5.92. The van der Waals surface area contributed by atoms with Gasteiger partial charge in [0.15, 0.2) is 0 Å². The maximum absolute atomic E-state index is 12.3. The smallest absolute Gasteiger partial charge is 0.226 e. The van der Waals surface area contributed by atoms with Gasteiger partial charge in [0.2, 0.25) is 11.8 Å². The maximum Gasteiger partial charge on any atom is 0.226 e. The molecule has 0 unspecified atom stereocenters. The average molecular weight is 340 g/mol. The number of carbonyl (C=O) groups excluding carboxylic acids is 2. The second-order valence-corrected chi connectivity index (χ2v) is 5.92. The first-order valence-electron chi connectivity index (χ1n) is 8.20. The van der Waals surface area contributed by atoms with E-state index < -0.39 is 0 Å². The molecule has 5 nitrogen and oxygen atoms in total. The number of hydrogen-bond donors (Lipinski definition) is 1. The van der Waals surface area contributed by atoms with Gasteiger partial charge in [0, 0.05) is 37.3 Å². The van der Waals surface area contributed by atoms with Crippen molar-refractivity contribution in [3.8, 4) is 5.75 Å². The van der Waals surface area contributed by atoms with Gasteiger partial charge in [-0.1, -0.05) is 18.2 Å². The minimum absolute atomic E-state index is 0.118. The Morgan fingerprint density at radius 1 is 1.12 bits per heavy atom. The molecule has 2 amide bonds. The number of nitrogens with zero attached hydrogens (tertiary/aromatic N) is 1. The second kappa shape index (κ2) is 8.33. The number of rotatable bonds is 6. The summed E-state index contributed by atoms with van der Waals surface area (Å²) in [5.74, 6) is 0.430. The summed E-state index contributed by atoms with van der Waals surface area (Å²) in [7, 11) is 1.58. The first-order valence-corrected chi connectivity index (χ1v) is 8.20. The van der Waals surface area contributed by atoms with E-state index in [1.807, 2.05) is 50.2 Å². The van der Waals surface area contributed by atoms with Gasteiger partial charge in [-0.3, -0.25) is 9.59 Å². The SMILES string of the molecule is COc1cccc(N(CCC(=O)Nc2cccc(C)c2C)C(C)=O)c1. The van der Waals surface area contributed by atoms with Crippen LogP contribution in [0.5, 0.6) is 5.75 Å². The van der Waals surface area contributed by atoms with E-state index >= 15 is 0 Å². The molecule has 0 fully saturated rings. The van der Waals surface area contributed by atoms with Crippen molar-refractivity contribution in [2.75, 3.05) is 23.9 Å². The molecule has 25 heavy (non-hydrogen) atoms. The summed E-state index contributed by atoms with van der Waals surface area (Å²) in [5.41, 5.74) is 3.69. The van der Waals surface area contributed by atoms with Crippen molar-refractivity contribution in [1.82, 2.24) is 0 Å². The number of anilines is 2. The van der Waals surface area contributed by atoms with Crippen LogP contribution >= 0.6 is 0 Å². The van der Waals surface area contributed by atoms with Gasteiger partial charge >= 0.3 is 0 Å². The van der Waals surface area contributed by atoms with Gasteiger partial charge in [-0.2, -0.15) is 0 Å². The lowest BCUT2D eigenvalue weighted by molar-refractivity contribution is -0.117. The third-order valence-corrected chi connectivity index (χ3v) is 4.19. The van der Waals surface area contributed by atoms with Crippen LogP contribution in [0.25, 0.3) is 0 Å². The number of nitrogens with one attached hydrogen (secondary N) is 1. The van der Waals surface area contributed by atoms with Crippen molar-refractivity contribution in [2.45, 2.75) is 27.2 Å². The normalized spacial score (nSPS) is 10.2. The molecule has 0 aliphatic carbocycles. The molecule has 0 saturated carbocycles. The van der Waals surface area contributed by atoms with Gasteiger partial charge in [0.1, 0.15) is 5.75 Å². The Balaban J connectivity index is 2.04. The number of carbonyl (C=O) groups is 2. The van der Waals surface area contributed by atoms with Crippen LogP contribution in [0.4, 0.5) is 11.4 Å². The molecular weight excluding hydrogens is 316 g/mol. The van der Waals surface area contributed by atoms with Crippen LogP contribution in [-0.2, 0) is 9.59 Å². The monoisotopic (exact) mass is 340 g/mol. The highest BCUT2D eigenvalue weighted by Gasteiger charge is 2.14. The molecule has 2 aromatic rings. The molecular formula is C20H24N2O3. The predicted octanol–water partition coefficient (Wildman–Crippen LogP) is 3.69. The molecule has 0 spiro atoms. The largest absolute Gasteiger partial charge is 0.497 e. The van der Waals surface area contributed by atoms with Crippen LogP contribution in [0, 0.1) is 13.8 Å². The molecule has 0 aliphatic rings. The lowest BCUT2D eigenvalue weighted by atomic mass is 10.1. The summed E-state index contributed by atoms with van der Waals surface area (Å²) in [5, 5.41) is 2.92. The van der Waals surface area contributed by atoms with Crippen LogP contribution in [0.2, 0.25) is 0 Å². The van der Waals surface area contributed by atoms with E-state index in [-0.39, 0.29) is 18.2 Å². The zero-order valence-corrected chi connectivity index (χ0v) is 15.1. The molecule has 1 N–H and O–H groups in total. The first-order chi connectivity index (χ1) is 11.9. The molecule has 0 aromatic heterocycles. The minimum atomic E-state index is -0.122. The quantitative estimate of drug-likeness (QED) is 0.872. The fourth-order valence-corrected chi connectivity index (χ4v) is 2.56. The number of ether oxygens (including phenoxy) is 1. The molecule has 0 saturated heterocycles. The topological polar surface area (TPSA) is 58.6 Å². The minimum Gasteiger partial charge on any atom is -0.497 e. The van der Waals surface area contributed by atoms with Gasteiger partial charge in [0.25, 0.3) is 0 Å².